The third-order valence-electron chi connectivity index (χ3n) is 6.03. The molecule has 178 valence electrons. The zero-order valence-electron chi connectivity index (χ0n) is 19.7. The van der Waals surface area contributed by atoms with Crippen LogP contribution in [0, 0.1) is 5.82 Å². The van der Waals surface area contributed by atoms with Gasteiger partial charge in [0.2, 0.25) is 0 Å². The predicted octanol–water partition coefficient (Wildman–Crippen LogP) is 4.84. The van der Waals surface area contributed by atoms with Gasteiger partial charge >= 0.3 is 0 Å². The SMILES string of the molecule is COc1cc(F)cc(-c2ccnc3nc(-c4[nH]nc5ncc(-c6cncc(N(C)C)c6)cc45)[nH]c23)c1. The third-order valence-corrected chi connectivity index (χ3v) is 6.03. The van der Waals surface area contributed by atoms with Crippen molar-refractivity contribution < 1.29 is 9.13 Å². The molecule has 0 saturated heterocycles. The summed E-state index contributed by atoms with van der Waals surface area (Å²) in [5.41, 5.74) is 6.66. The number of H-pyrrole nitrogens is 2. The molecule has 0 saturated carbocycles. The van der Waals surface area contributed by atoms with Crippen LogP contribution in [0.25, 0.3) is 56.0 Å². The maximum Gasteiger partial charge on any atom is 0.181 e. The first-order valence-electron chi connectivity index (χ1n) is 11.2. The summed E-state index contributed by atoms with van der Waals surface area (Å²) in [5, 5.41) is 8.20. The summed E-state index contributed by atoms with van der Waals surface area (Å²) < 4.78 is 19.4. The van der Waals surface area contributed by atoms with Crippen molar-refractivity contribution in [1.29, 1.82) is 0 Å². The minimum Gasteiger partial charge on any atom is -0.497 e. The van der Waals surface area contributed by atoms with Crippen molar-refractivity contribution in [3.05, 3.63) is 67.0 Å². The van der Waals surface area contributed by atoms with E-state index in [1.807, 2.05) is 37.3 Å². The van der Waals surface area contributed by atoms with Crippen molar-refractivity contribution in [1.82, 2.24) is 35.1 Å². The number of nitrogens with zero attached hydrogens (tertiary/aromatic N) is 6. The van der Waals surface area contributed by atoms with Gasteiger partial charge in [-0.2, -0.15) is 5.10 Å². The summed E-state index contributed by atoms with van der Waals surface area (Å²) in [7, 11) is 5.45. The second-order valence-electron chi connectivity index (χ2n) is 8.54. The normalized spacial score (nSPS) is 11.3. The average molecular weight is 481 g/mol. The molecule has 1 aromatic carbocycles. The summed E-state index contributed by atoms with van der Waals surface area (Å²) >= 11 is 0. The molecular weight excluding hydrogens is 459 g/mol. The van der Waals surface area contributed by atoms with Crippen molar-refractivity contribution in [3.63, 3.8) is 0 Å². The van der Waals surface area contributed by atoms with Crippen LogP contribution in [-0.4, -0.2) is 56.3 Å². The second kappa shape index (κ2) is 8.42. The quantitative estimate of drug-likeness (QED) is 0.363. The van der Waals surface area contributed by atoms with Crippen molar-refractivity contribution in [2.45, 2.75) is 0 Å². The van der Waals surface area contributed by atoms with Crippen LogP contribution in [0.2, 0.25) is 0 Å². The van der Waals surface area contributed by atoms with Gasteiger partial charge in [0.1, 0.15) is 17.3 Å². The van der Waals surface area contributed by atoms with Gasteiger partial charge in [-0.1, -0.05) is 0 Å². The van der Waals surface area contributed by atoms with Gasteiger partial charge in [-0.3, -0.25) is 10.1 Å². The number of hydrogen-bond acceptors (Lipinski definition) is 7. The summed E-state index contributed by atoms with van der Waals surface area (Å²) in [5.74, 6) is 0.593. The van der Waals surface area contributed by atoms with Gasteiger partial charge in [0.25, 0.3) is 0 Å². The van der Waals surface area contributed by atoms with Crippen LogP contribution < -0.4 is 9.64 Å². The van der Waals surface area contributed by atoms with E-state index in [0.29, 0.717) is 39.6 Å². The van der Waals surface area contributed by atoms with E-state index in [2.05, 4.69) is 41.2 Å². The summed E-state index contributed by atoms with van der Waals surface area (Å²) in [6.07, 6.45) is 7.04. The van der Waals surface area contributed by atoms with Crippen molar-refractivity contribution in [2.75, 3.05) is 26.1 Å². The standard InChI is InChI=1S/C26H21FN8O/c1-35(2)18-7-15(11-28-13-18)16-9-21-23(33-34-24(21)30-12-16)26-31-22-20(4-5-29-25(22)32-26)14-6-17(27)10-19(8-14)36-3/h4-13H,1-3H3,(H,29,31,32)(H,30,33,34). The number of aromatic amines is 2. The first-order valence-corrected chi connectivity index (χ1v) is 11.2. The average Bonchev–Trinajstić information content (AvgIpc) is 3.51. The van der Waals surface area contributed by atoms with Gasteiger partial charge < -0.3 is 14.6 Å². The molecule has 0 aliphatic heterocycles. The first kappa shape index (κ1) is 21.7. The van der Waals surface area contributed by atoms with Gasteiger partial charge in [-0.25, -0.2) is 19.3 Å². The fourth-order valence-electron chi connectivity index (χ4n) is 4.17. The largest absolute Gasteiger partial charge is 0.497 e. The van der Waals surface area contributed by atoms with E-state index in [0.717, 1.165) is 27.8 Å². The molecule has 0 unspecified atom stereocenters. The zero-order chi connectivity index (χ0) is 24.8. The third kappa shape index (κ3) is 3.68. The molecule has 2 N–H and O–H groups in total. The monoisotopic (exact) mass is 480 g/mol. The molecule has 0 atom stereocenters. The topological polar surface area (TPSA) is 108 Å². The van der Waals surface area contributed by atoms with Gasteiger partial charge in [0.15, 0.2) is 17.1 Å². The molecule has 5 heterocycles. The summed E-state index contributed by atoms with van der Waals surface area (Å²) in [6.45, 7) is 0. The number of ether oxygens (including phenoxy) is 1. The lowest BCUT2D eigenvalue weighted by Crippen LogP contribution is -2.08. The molecule has 5 aromatic heterocycles. The van der Waals surface area contributed by atoms with Gasteiger partial charge in [0, 0.05) is 55.4 Å². The van der Waals surface area contributed by atoms with Crippen LogP contribution in [0.3, 0.4) is 0 Å². The number of methoxy groups -OCH3 is 1. The van der Waals surface area contributed by atoms with Crippen molar-refractivity contribution in [3.8, 4) is 39.5 Å². The van der Waals surface area contributed by atoms with Crippen LogP contribution in [-0.2, 0) is 0 Å². The minimum atomic E-state index is -0.389. The van der Waals surface area contributed by atoms with Gasteiger partial charge in [-0.05, 0) is 35.9 Å². The number of hydrogen-bond donors (Lipinski definition) is 2. The fourth-order valence-corrected chi connectivity index (χ4v) is 4.17. The Morgan fingerprint density at radius 3 is 2.61 bits per heavy atom. The lowest BCUT2D eigenvalue weighted by atomic mass is 10.1. The molecule has 0 bridgehead atoms. The smallest absolute Gasteiger partial charge is 0.181 e. The van der Waals surface area contributed by atoms with Crippen molar-refractivity contribution >= 4 is 27.9 Å². The Morgan fingerprint density at radius 2 is 1.78 bits per heavy atom. The molecule has 0 aliphatic carbocycles. The Morgan fingerprint density at radius 1 is 0.917 bits per heavy atom. The number of nitrogens with one attached hydrogen (secondary N) is 2. The zero-order valence-corrected chi connectivity index (χ0v) is 19.7. The fraction of sp³-hybridized carbons (Fsp3) is 0.115. The first-order chi connectivity index (χ1) is 17.5. The number of fused-ring (bicyclic) bond motifs is 2. The van der Waals surface area contributed by atoms with E-state index in [-0.39, 0.29) is 5.82 Å². The number of aromatic nitrogens is 7. The van der Waals surface area contributed by atoms with E-state index in [9.17, 15) is 4.39 Å². The Bertz CT molecular complexity index is 1740. The second-order valence-corrected chi connectivity index (χ2v) is 8.54. The summed E-state index contributed by atoms with van der Waals surface area (Å²) in [4.78, 5) is 23.3. The summed E-state index contributed by atoms with van der Waals surface area (Å²) in [6, 6.07) is 10.4. The van der Waals surface area contributed by atoms with Crippen LogP contribution in [0.5, 0.6) is 5.75 Å². The highest BCUT2D eigenvalue weighted by atomic mass is 19.1. The minimum absolute atomic E-state index is 0.389. The number of halogens is 1. The molecule has 0 fully saturated rings. The molecule has 0 aliphatic rings. The number of rotatable bonds is 5. The predicted molar refractivity (Wildman–Crippen MR) is 136 cm³/mol. The number of anilines is 1. The molecular formula is C26H21FN8O. The van der Waals surface area contributed by atoms with Crippen LogP contribution in [0.4, 0.5) is 10.1 Å². The van der Waals surface area contributed by atoms with Crippen LogP contribution in [0.1, 0.15) is 0 Å². The molecule has 36 heavy (non-hydrogen) atoms. The number of pyridine rings is 3. The highest BCUT2D eigenvalue weighted by Crippen LogP contribution is 2.33. The van der Waals surface area contributed by atoms with E-state index in [4.69, 9.17) is 4.74 Å². The van der Waals surface area contributed by atoms with Gasteiger partial charge in [0.05, 0.1) is 29.9 Å². The van der Waals surface area contributed by atoms with Crippen LogP contribution >= 0.6 is 0 Å². The highest BCUT2D eigenvalue weighted by molar-refractivity contribution is 5.96. The Hall–Kier alpha value is -4.86. The van der Waals surface area contributed by atoms with Gasteiger partial charge in [-0.15, -0.1) is 0 Å². The molecule has 10 heteroatoms. The lowest BCUT2D eigenvalue weighted by molar-refractivity contribution is 0.411. The van der Waals surface area contributed by atoms with E-state index in [1.54, 1.807) is 24.7 Å². The lowest BCUT2D eigenvalue weighted by Gasteiger charge is -2.12. The Kier molecular flexibility index (Phi) is 5.06. The van der Waals surface area contributed by atoms with E-state index < -0.39 is 0 Å². The maximum absolute atomic E-state index is 14.2. The molecule has 0 spiro atoms. The number of imidazole rings is 1. The molecule has 6 rings (SSSR count). The molecule has 0 amide bonds. The van der Waals surface area contributed by atoms with E-state index in [1.165, 1.54) is 19.2 Å². The Labute approximate surface area is 205 Å². The molecule has 9 nitrogen and oxygen atoms in total. The highest BCUT2D eigenvalue weighted by Gasteiger charge is 2.17. The van der Waals surface area contributed by atoms with Crippen molar-refractivity contribution in [2.24, 2.45) is 0 Å². The maximum atomic E-state index is 14.2. The van der Waals surface area contributed by atoms with Crippen LogP contribution in [0.15, 0.2) is 61.2 Å². The molecule has 0 radical (unpaired) electrons. The number of benzene rings is 1. The Balaban J connectivity index is 1.47. The van der Waals surface area contributed by atoms with E-state index >= 15 is 0 Å². The molecule has 6 aromatic rings.